The molecule has 0 bridgehead atoms. The number of carbonyl (C=O) groups excluding carboxylic acids is 2. The number of likely N-dealkylation sites (N-methyl/N-ethyl adjacent to an activating group) is 1. The molecule has 0 radical (unpaired) electrons. The van der Waals surface area contributed by atoms with Gasteiger partial charge >= 0.3 is 0 Å². The van der Waals surface area contributed by atoms with Gasteiger partial charge in [0, 0.05) is 31.4 Å². The molecule has 0 unspecified atom stereocenters. The Bertz CT molecular complexity index is 931. The summed E-state index contributed by atoms with van der Waals surface area (Å²) in [7, 11) is 1.85. The standard InChI is InChI=1S/C25H31N3O2/c1-18(2)17-28-13-11-25(12-14-28)21-15-20(9-10-22(21)27(3)24(25)30)23(29)26-16-19-7-5-4-6-8-19/h4-10,15,18H,11-14,16-17H2,1-3H3,(H,26,29). The van der Waals surface area contributed by atoms with E-state index in [9.17, 15) is 9.59 Å². The van der Waals surface area contributed by atoms with Crippen LogP contribution in [0.4, 0.5) is 5.69 Å². The van der Waals surface area contributed by atoms with Gasteiger partial charge in [-0.15, -0.1) is 0 Å². The molecule has 2 amide bonds. The number of hydrogen-bond acceptors (Lipinski definition) is 3. The first-order valence-corrected chi connectivity index (χ1v) is 10.9. The van der Waals surface area contributed by atoms with Gasteiger partial charge < -0.3 is 15.1 Å². The van der Waals surface area contributed by atoms with Crippen molar-refractivity contribution in [1.82, 2.24) is 10.2 Å². The summed E-state index contributed by atoms with van der Waals surface area (Å²) < 4.78 is 0. The molecule has 2 aliphatic rings. The summed E-state index contributed by atoms with van der Waals surface area (Å²) in [5.41, 5.74) is 3.16. The van der Waals surface area contributed by atoms with E-state index in [-0.39, 0.29) is 11.8 Å². The molecule has 1 fully saturated rings. The van der Waals surface area contributed by atoms with Crippen LogP contribution in [0.1, 0.15) is 48.2 Å². The summed E-state index contributed by atoms with van der Waals surface area (Å²) >= 11 is 0. The normalized spacial score (nSPS) is 18.1. The van der Waals surface area contributed by atoms with Crippen LogP contribution in [-0.2, 0) is 16.8 Å². The average Bonchev–Trinajstić information content (AvgIpc) is 2.96. The molecule has 30 heavy (non-hydrogen) atoms. The number of anilines is 1. The third-order valence-corrected chi connectivity index (χ3v) is 6.48. The Kier molecular flexibility index (Phi) is 5.65. The number of amides is 2. The van der Waals surface area contributed by atoms with Crippen LogP contribution in [0.5, 0.6) is 0 Å². The summed E-state index contributed by atoms with van der Waals surface area (Å²) in [5.74, 6) is 0.688. The van der Waals surface area contributed by atoms with Crippen molar-refractivity contribution in [3.05, 3.63) is 65.2 Å². The number of benzene rings is 2. The highest BCUT2D eigenvalue weighted by atomic mass is 16.2. The summed E-state index contributed by atoms with van der Waals surface area (Å²) in [6, 6.07) is 15.6. The van der Waals surface area contributed by atoms with Crippen molar-refractivity contribution in [2.24, 2.45) is 5.92 Å². The molecule has 2 aromatic rings. The van der Waals surface area contributed by atoms with Crippen molar-refractivity contribution in [1.29, 1.82) is 0 Å². The van der Waals surface area contributed by atoms with E-state index in [1.807, 2.05) is 55.6 Å². The molecule has 0 aliphatic carbocycles. The molecule has 0 atom stereocenters. The highest BCUT2D eigenvalue weighted by Crippen LogP contribution is 2.47. The van der Waals surface area contributed by atoms with Crippen LogP contribution < -0.4 is 10.2 Å². The molecule has 0 saturated carbocycles. The van der Waals surface area contributed by atoms with Crippen LogP contribution in [-0.4, -0.2) is 43.4 Å². The van der Waals surface area contributed by atoms with Gasteiger partial charge in [0.25, 0.3) is 5.91 Å². The maximum absolute atomic E-state index is 13.3. The van der Waals surface area contributed by atoms with Gasteiger partial charge in [-0.1, -0.05) is 44.2 Å². The van der Waals surface area contributed by atoms with E-state index >= 15 is 0 Å². The largest absolute Gasteiger partial charge is 0.348 e. The van der Waals surface area contributed by atoms with Crippen molar-refractivity contribution < 1.29 is 9.59 Å². The van der Waals surface area contributed by atoms with E-state index in [4.69, 9.17) is 0 Å². The first kappa shape index (κ1) is 20.6. The van der Waals surface area contributed by atoms with Crippen LogP contribution in [0.15, 0.2) is 48.5 Å². The van der Waals surface area contributed by atoms with Crippen LogP contribution in [0.2, 0.25) is 0 Å². The fourth-order valence-electron chi connectivity index (χ4n) is 4.90. The first-order valence-electron chi connectivity index (χ1n) is 10.9. The van der Waals surface area contributed by atoms with Gasteiger partial charge in [0.2, 0.25) is 5.91 Å². The van der Waals surface area contributed by atoms with E-state index in [2.05, 4.69) is 24.1 Å². The fraction of sp³-hybridized carbons (Fsp3) is 0.440. The van der Waals surface area contributed by atoms with Crippen molar-refractivity contribution in [3.63, 3.8) is 0 Å². The fourth-order valence-corrected chi connectivity index (χ4v) is 4.90. The number of carbonyl (C=O) groups is 2. The number of piperidine rings is 1. The predicted molar refractivity (Wildman–Crippen MR) is 120 cm³/mol. The van der Waals surface area contributed by atoms with Crippen molar-refractivity contribution in [2.45, 2.75) is 38.6 Å². The Hall–Kier alpha value is -2.66. The molecule has 158 valence electrons. The zero-order valence-electron chi connectivity index (χ0n) is 18.1. The molecule has 5 nitrogen and oxygen atoms in total. The number of hydrogen-bond donors (Lipinski definition) is 1. The maximum atomic E-state index is 13.3. The maximum Gasteiger partial charge on any atom is 0.251 e. The second-order valence-corrected chi connectivity index (χ2v) is 9.04. The van der Waals surface area contributed by atoms with Crippen molar-refractivity contribution in [3.8, 4) is 0 Å². The van der Waals surface area contributed by atoms with Gasteiger partial charge in [0.1, 0.15) is 0 Å². The summed E-state index contributed by atoms with van der Waals surface area (Å²) in [6.45, 7) is 7.85. The lowest BCUT2D eigenvalue weighted by molar-refractivity contribution is -0.124. The van der Waals surface area contributed by atoms with E-state index in [0.717, 1.165) is 49.3 Å². The van der Waals surface area contributed by atoms with Crippen molar-refractivity contribution in [2.75, 3.05) is 31.6 Å². The molecule has 1 spiro atoms. The molecule has 5 heteroatoms. The molecule has 1 saturated heterocycles. The Morgan fingerprint density at radius 1 is 1.10 bits per heavy atom. The van der Waals surface area contributed by atoms with E-state index in [1.165, 1.54) is 0 Å². The van der Waals surface area contributed by atoms with E-state index in [0.29, 0.717) is 18.0 Å². The minimum Gasteiger partial charge on any atom is -0.348 e. The molecule has 2 aliphatic heterocycles. The highest BCUT2D eigenvalue weighted by Gasteiger charge is 2.51. The van der Waals surface area contributed by atoms with E-state index < -0.39 is 5.41 Å². The van der Waals surface area contributed by atoms with Gasteiger partial charge in [0.15, 0.2) is 0 Å². The van der Waals surface area contributed by atoms with Crippen LogP contribution in [0.3, 0.4) is 0 Å². The summed E-state index contributed by atoms with van der Waals surface area (Å²) in [5, 5.41) is 3.00. The zero-order valence-corrected chi connectivity index (χ0v) is 18.1. The van der Waals surface area contributed by atoms with Crippen LogP contribution in [0, 0.1) is 5.92 Å². The number of fused-ring (bicyclic) bond motifs is 2. The lowest BCUT2D eigenvalue weighted by Gasteiger charge is -2.39. The number of likely N-dealkylation sites (tertiary alicyclic amines) is 1. The Morgan fingerprint density at radius 3 is 2.47 bits per heavy atom. The number of rotatable bonds is 5. The average molecular weight is 406 g/mol. The molecule has 2 heterocycles. The van der Waals surface area contributed by atoms with Crippen LogP contribution >= 0.6 is 0 Å². The minimum absolute atomic E-state index is 0.101. The Balaban J connectivity index is 1.55. The second kappa shape index (κ2) is 8.23. The minimum atomic E-state index is -0.493. The molecular weight excluding hydrogens is 374 g/mol. The monoisotopic (exact) mass is 405 g/mol. The SMILES string of the molecule is CC(C)CN1CCC2(CC1)C(=O)N(C)c1ccc(C(=O)NCc3ccccc3)cc12. The first-order chi connectivity index (χ1) is 14.4. The molecule has 1 N–H and O–H groups in total. The summed E-state index contributed by atoms with van der Waals surface area (Å²) in [4.78, 5) is 30.3. The Labute approximate surface area is 179 Å². The molecule has 2 aromatic carbocycles. The highest BCUT2D eigenvalue weighted by molar-refractivity contribution is 6.09. The third-order valence-electron chi connectivity index (χ3n) is 6.48. The van der Waals surface area contributed by atoms with Gasteiger partial charge in [-0.2, -0.15) is 0 Å². The lowest BCUT2D eigenvalue weighted by Crippen LogP contribution is -2.48. The summed E-state index contributed by atoms with van der Waals surface area (Å²) in [6.07, 6.45) is 1.62. The molecule has 4 rings (SSSR count). The zero-order chi connectivity index (χ0) is 21.3. The van der Waals surface area contributed by atoms with Crippen LogP contribution in [0.25, 0.3) is 0 Å². The predicted octanol–water partition coefficient (Wildman–Crippen LogP) is 3.58. The molecule has 0 aromatic heterocycles. The third kappa shape index (κ3) is 3.74. The number of nitrogens with one attached hydrogen (secondary N) is 1. The molecular formula is C25H31N3O2. The van der Waals surface area contributed by atoms with Gasteiger partial charge in [-0.05, 0) is 61.2 Å². The topological polar surface area (TPSA) is 52.7 Å². The smallest absolute Gasteiger partial charge is 0.251 e. The quantitative estimate of drug-likeness (QED) is 0.827. The second-order valence-electron chi connectivity index (χ2n) is 9.04. The number of nitrogens with zero attached hydrogens (tertiary/aromatic N) is 2. The Morgan fingerprint density at radius 2 is 1.80 bits per heavy atom. The van der Waals surface area contributed by atoms with Gasteiger partial charge in [0.05, 0.1) is 5.41 Å². The van der Waals surface area contributed by atoms with E-state index in [1.54, 1.807) is 4.90 Å². The van der Waals surface area contributed by atoms with Crippen molar-refractivity contribution >= 4 is 17.5 Å². The van der Waals surface area contributed by atoms with Gasteiger partial charge in [-0.3, -0.25) is 9.59 Å². The lowest BCUT2D eigenvalue weighted by atomic mass is 9.73. The van der Waals surface area contributed by atoms with Gasteiger partial charge in [-0.25, -0.2) is 0 Å².